The van der Waals surface area contributed by atoms with Gasteiger partial charge >= 0.3 is 0 Å². The van der Waals surface area contributed by atoms with Crippen LogP contribution in [0.5, 0.6) is 0 Å². The summed E-state index contributed by atoms with van der Waals surface area (Å²) in [5.41, 5.74) is 6.53. The summed E-state index contributed by atoms with van der Waals surface area (Å²) in [7, 11) is 0. The molecule has 3 N–H and O–H groups in total. The Morgan fingerprint density at radius 1 is 1.62 bits per heavy atom. The second kappa shape index (κ2) is 6.07. The fourth-order valence-corrected chi connectivity index (χ4v) is 1.44. The smallest absolute Gasteiger partial charge is 0.256 e. The lowest BCUT2D eigenvalue weighted by Crippen LogP contribution is -2.32. The Balaban J connectivity index is 2.79. The summed E-state index contributed by atoms with van der Waals surface area (Å²) in [6, 6.07) is 1.61. The van der Waals surface area contributed by atoms with E-state index >= 15 is 0 Å². The van der Waals surface area contributed by atoms with Gasteiger partial charge in [0, 0.05) is 25.9 Å². The van der Waals surface area contributed by atoms with Crippen LogP contribution in [0.1, 0.15) is 23.7 Å². The number of nitrogens with zero attached hydrogens (tertiary/aromatic N) is 2. The molecule has 0 saturated carbocycles. The summed E-state index contributed by atoms with van der Waals surface area (Å²) in [6.07, 6.45) is 3.58. The van der Waals surface area contributed by atoms with Gasteiger partial charge in [0.25, 0.3) is 5.91 Å². The third-order valence-corrected chi connectivity index (χ3v) is 2.34. The van der Waals surface area contributed by atoms with Crippen molar-refractivity contribution in [3.8, 4) is 0 Å². The van der Waals surface area contributed by atoms with E-state index in [0.29, 0.717) is 30.8 Å². The van der Waals surface area contributed by atoms with Crippen LogP contribution in [0.3, 0.4) is 0 Å². The second-order valence-electron chi connectivity index (χ2n) is 3.42. The van der Waals surface area contributed by atoms with Crippen LogP contribution in [0.15, 0.2) is 18.5 Å². The number of rotatable bonds is 5. The van der Waals surface area contributed by atoms with Crippen LogP contribution < -0.4 is 5.73 Å². The van der Waals surface area contributed by atoms with Gasteiger partial charge in [-0.3, -0.25) is 9.78 Å². The van der Waals surface area contributed by atoms with E-state index in [1.54, 1.807) is 17.2 Å². The maximum absolute atomic E-state index is 12.0. The molecule has 0 fully saturated rings. The maximum atomic E-state index is 12.0. The van der Waals surface area contributed by atoms with Gasteiger partial charge in [-0.2, -0.15) is 0 Å². The van der Waals surface area contributed by atoms with Crippen molar-refractivity contribution in [1.29, 1.82) is 0 Å². The van der Waals surface area contributed by atoms with Crippen molar-refractivity contribution in [2.75, 3.05) is 25.4 Å². The molecule has 1 amide bonds. The molecule has 5 nitrogen and oxygen atoms in total. The molecule has 0 aliphatic rings. The van der Waals surface area contributed by atoms with E-state index < -0.39 is 0 Å². The van der Waals surface area contributed by atoms with Crippen molar-refractivity contribution >= 4 is 11.6 Å². The molecule has 16 heavy (non-hydrogen) atoms. The fraction of sp³-hybridized carbons (Fsp3) is 0.455. The van der Waals surface area contributed by atoms with Gasteiger partial charge in [0.05, 0.1) is 17.4 Å². The van der Waals surface area contributed by atoms with Crippen molar-refractivity contribution in [3.05, 3.63) is 24.0 Å². The van der Waals surface area contributed by atoms with Crippen molar-refractivity contribution in [1.82, 2.24) is 9.88 Å². The van der Waals surface area contributed by atoms with E-state index in [2.05, 4.69) is 4.98 Å². The molecule has 0 aromatic carbocycles. The van der Waals surface area contributed by atoms with Gasteiger partial charge in [0.15, 0.2) is 0 Å². The van der Waals surface area contributed by atoms with Crippen LogP contribution in [-0.4, -0.2) is 40.6 Å². The summed E-state index contributed by atoms with van der Waals surface area (Å²) in [5, 5.41) is 8.74. The number of hydrogen-bond acceptors (Lipinski definition) is 4. The molecule has 1 aromatic rings. The number of carbonyl (C=O) groups is 1. The standard InChI is InChI=1S/C11H17N3O2/c1-2-14(6-3-7-15)11(16)9-4-5-13-8-10(9)12/h4-5,8,15H,2-3,6-7,12H2,1H3. The maximum Gasteiger partial charge on any atom is 0.256 e. The average Bonchev–Trinajstić information content (AvgIpc) is 2.30. The van der Waals surface area contributed by atoms with Crippen LogP contribution in [0.4, 0.5) is 5.69 Å². The zero-order valence-corrected chi connectivity index (χ0v) is 9.39. The molecular formula is C11H17N3O2. The first-order chi connectivity index (χ1) is 7.70. The minimum Gasteiger partial charge on any atom is -0.397 e. The number of nitrogen functional groups attached to an aromatic ring is 1. The van der Waals surface area contributed by atoms with Crippen LogP contribution in [0.25, 0.3) is 0 Å². The molecule has 88 valence electrons. The first-order valence-corrected chi connectivity index (χ1v) is 5.30. The number of amides is 1. The summed E-state index contributed by atoms with van der Waals surface area (Å²) in [5.74, 6) is -0.115. The number of carbonyl (C=O) groups excluding carboxylic acids is 1. The van der Waals surface area contributed by atoms with Crippen molar-refractivity contribution in [2.45, 2.75) is 13.3 Å². The van der Waals surface area contributed by atoms with E-state index in [4.69, 9.17) is 10.8 Å². The lowest BCUT2D eigenvalue weighted by Gasteiger charge is -2.21. The Morgan fingerprint density at radius 3 is 2.94 bits per heavy atom. The fourth-order valence-electron chi connectivity index (χ4n) is 1.44. The largest absolute Gasteiger partial charge is 0.397 e. The van der Waals surface area contributed by atoms with Crippen molar-refractivity contribution in [3.63, 3.8) is 0 Å². The molecule has 5 heteroatoms. The van der Waals surface area contributed by atoms with E-state index in [0.717, 1.165) is 0 Å². The van der Waals surface area contributed by atoms with Crippen LogP contribution >= 0.6 is 0 Å². The topological polar surface area (TPSA) is 79.5 Å². The minimum absolute atomic E-state index is 0.0790. The minimum atomic E-state index is -0.115. The Labute approximate surface area is 94.9 Å². The highest BCUT2D eigenvalue weighted by atomic mass is 16.3. The van der Waals surface area contributed by atoms with E-state index in [1.807, 2.05) is 6.92 Å². The van der Waals surface area contributed by atoms with Gasteiger partial charge in [-0.1, -0.05) is 0 Å². The molecular weight excluding hydrogens is 206 g/mol. The van der Waals surface area contributed by atoms with Gasteiger partial charge in [0.1, 0.15) is 0 Å². The van der Waals surface area contributed by atoms with Crippen molar-refractivity contribution < 1.29 is 9.90 Å². The zero-order chi connectivity index (χ0) is 12.0. The number of aliphatic hydroxyl groups excluding tert-OH is 1. The number of anilines is 1. The molecule has 0 aliphatic carbocycles. The van der Waals surface area contributed by atoms with Crippen molar-refractivity contribution in [2.24, 2.45) is 0 Å². The van der Waals surface area contributed by atoms with Crippen LogP contribution in [-0.2, 0) is 0 Å². The molecule has 0 saturated heterocycles. The van der Waals surface area contributed by atoms with Gasteiger partial charge in [-0.05, 0) is 19.4 Å². The number of pyridine rings is 1. The Kier molecular flexibility index (Phi) is 4.72. The lowest BCUT2D eigenvalue weighted by atomic mass is 10.2. The molecule has 0 spiro atoms. The first-order valence-electron chi connectivity index (χ1n) is 5.30. The Bertz CT molecular complexity index is 355. The van der Waals surface area contributed by atoms with Crippen LogP contribution in [0.2, 0.25) is 0 Å². The van der Waals surface area contributed by atoms with E-state index in [-0.39, 0.29) is 12.5 Å². The summed E-state index contributed by atoms with van der Waals surface area (Å²) in [6.45, 7) is 3.11. The molecule has 0 aliphatic heterocycles. The molecule has 0 atom stereocenters. The lowest BCUT2D eigenvalue weighted by molar-refractivity contribution is 0.0755. The highest BCUT2D eigenvalue weighted by Crippen LogP contribution is 2.12. The quantitative estimate of drug-likeness (QED) is 0.762. The average molecular weight is 223 g/mol. The highest BCUT2D eigenvalue weighted by Gasteiger charge is 2.15. The van der Waals surface area contributed by atoms with Gasteiger partial charge in [0.2, 0.25) is 0 Å². The molecule has 1 aromatic heterocycles. The Hall–Kier alpha value is -1.62. The Morgan fingerprint density at radius 2 is 2.38 bits per heavy atom. The molecule has 1 rings (SSSR count). The van der Waals surface area contributed by atoms with Gasteiger partial charge < -0.3 is 15.7 Å². The molecule has 0 unspecified atom stereocenters. The van der Waals surface area contributed by atoms with E-state index in [9.17, 15) is 4.79 Å². The number of aliphatic hydroxyl groups is 1. The number of aromatic nitrogens is 1. The third-order valence-electron chi connectivity index (χ3n) is 2.34. The second-order valence-corrected chi connectivity index (χ2v) is 3.42. The number of nitrogens with two attached hydrogens (primary N) is 1. The normalized spacial score (nSPS) is 10.1. The van der Waals surface area contributed by atoms with Gasteiger partial charge in [-0.15, -0.1) is 0 Å². The summed E-state index contributed by atoms with van der Waals surface area (Å²) in [4.78, 5) is 17.5. The monoisotopic (exact) mass is 223 g/mol. The summed E-state index contributed by atoms with van der Waals surface area (Å²) >= 11 is 0. The third kappa shape index (κ3) is 2.93. The summed E-state index contributed by atoms with van der Waals surface area (Å²) < 4.78 is 0. The predicted octanol–water partition coefficient (Wildman–Crippen LogP) is 0.508. The predicted molar refractivity (Wildman–Crippen MR) is 61.9 cm³/mol. The zero-order valence-electron chi connectivity index (χ0n) is 9.39. The first kappa shape index (κ1) is 12.4. The highest BCUT2D eigenvalue weighted by molar-refractivity contribution is 5.98. The molecule has 0 radical (unpaired) electrons. The molecule has 1 heterocycles. The van der Waals surface area contributed by atoms with Gasteiger partial charge in [-0.25, -0.2) is 0 Å². The molecule has 0 bridgehead atoms. The van der Waals surface area contributed by atoms with Crippen LogP contribution in [0, 0.1) is 0 Å². The van der Waals surface area contributed by atoms with E-state index in [1.165, 1.54) is 6.20 Å². The SMILES string of the molecule is CCN(CCCO)C(=O)c1ccncc1N. The number of hydrogen-bond donors (Lipinski definition) is 2.